The Kier molecular flexibility index (Phi) is 4.97. The smallest absolute Gasteiger partial charge is 0.323 e. The lowest BCUT2D eigenvalue weighted by molar-refractivity contribution is -0.137. The van der Waals surface area contributed by atoms with Gasteiger partial charge in [0.05, 0.1) is 6.20 Å². The molecular weight excluding hydrogens is 320 g/mol. The number of nitrogens with zero attached hydrogens (tertiary/aromatic N) is 2. The van der Waals surface area contributed by atoms with Gasteiger partial charge in [-0.1, -0.05) is 12.1 Å². The molecule has 1 N–H and O–H groups in total. The van der Waals surface area contributed by atoms with Crippen LogP contribution in [0.3, 0.4) is 0 Å². The Balaban J connectivity index is 1.68. The van der Waals surface area contributed by atoms with Gasteiger partial charge in [0.1, 0.15) is 18.9 Å². The van der Waals surface area contributed by atoms with Crippen LogP contribution in [0.25, 0.3) is 0 Å². The molecule has 6 heteroatoms. The second-order valence-electron chi connectivity index (χ2n) is 6.18. The number of carbonyl (C=O) groups is 2. The SMILES string of the molecule is Cc1ccc(OCc2cccc(C(=O)N(CC(=O)O)C3CC3)c2)cn1. The fourth-order valence-electron chi connectivity index (χ4n) is 2.56. The molecule has 1 aromatic heterocycles. The molecule has 25 heavy (non-hydrogen) atoms. The first-order valence-corrected chi connectivity index (χ1v) is 8.20. The highest BCUT2D eigenvalue weighted by molar-refractivity contribution is 5.96. The van der Waals surface area contributed by atoms with Crippen LogP contribution < -0.4 is 4.74 Å². The average molecular weight is 340 g/mol. The highest BCUT2D eigenvalue weighted by Gasteiger charge is 2.34. The summed E-state index contributed by atoms with van der Waals surface area (Å²) in [4.78, 5) is 29.3. The average Bonchev–Trinajstić information content (AvgIpc) is 3.44. The number of aryl methyl sites for hydroxylation is 1. The van der Waals surface area contributed by atoms with Crippen LogP contribution in [0.15, 0.2) is 42.6 Å². The van der Waals surface area contributed by atoms with E-state index in [1.165, 1.54) is 4.90 Å². The van der Waals surface area contributed by atoms with Crippen LogP contribution in [0.4, 0.5) is 0 Å². The minimum atomic E-state index is -0.994. The van der Waals surface area contributed by atoms with Crippen LogP contribution in [-0.2, 0) is 11.4 Å². The molecule has 0 saturated heterocycles. The fourth-order valence-corrected chi connectivity index (χ4v) is 2.56. The maximum absolute atomic E-state index is 12.6. The van der Waals surface area contributed by atoms with Gasteiger partial charge in [-0.3, -0.25) is 14.6 Å². The largest absolute Gasteiger partial charge is 0.487 e. The first-order valence-electron chi connectivity index (χ1n) is 8.20. The number of benzene rings is 1. The standard InChI is InChI=1S/C19H20N2O4/c1-13-5-8-17(10-20-13)25-12-14-3-2-4-15(9-14)19(24)21(11-18(22)23)16-6-7-16/h2-5,8-10,16H,6-7,11-12H2,1H3,(H,22,23). The van der Waals surface area contributed by atoms with Crippen molar-refractivity contribution in [1.29, 1.82) is 0 Å². The number of carboxylic acids is 1. The molecule has 0 radical (unpaired) electrons. The molecular formula is C19H20N2O4. The zero-order chi connectivity index (χ0) is 17.8. The van der Waals surface area contributed by atoms with E-state index in [-0.39, 0.29) is 18.5 Å². The van der Waals surface area contributed by atoms with Gasteiger partial charge in [0, 0.05) is 17.3 Å². The summed E-state index contributed by atoms with van der Waals surface area (Å²) in [6, 6.07) is 10.9. The number of aromatic nitrogens is 1. The van der Waals surface area contributed by atoms with Crippen molar-refractivity contribution in [3.8, 4) is 5.75 Å². The van der Waals surface area contributed by atoms with E-state index in [4.69, 9.17) is 9.84 Å². The van der Waals surface area contributed by atoms with Gasteiger partial charge in [0.2, 0.25) is 0 Å². The van der Waals surface area contributed by atoms with Crippen LogP contribution in [0.2, 0.25) is 0 Å². The maximum Gasteiger partial charge on any atom is 0.323 e. The molecule has 1 fully saturated rings. The van der Waals surface area contributed by atoms with E-state index in [0.29, 0.717) is 17.9 Å². The Morgan fingerprint density at radius 1 is 1.28 bits per heavy atom. The van der Waals surface area contributed by atoms with Crippen LogP contribution in [0.1, 0.15) is 34.5 Å². The molecule has 1 amide bonds. The fraction of sp³-hybridized carbons (Fsp3) is 0.316. The van der Waals surface area contributed by atoms with E-state index < -0.39 is 5.97 Å². The summed E-state index contributed by atoms with van der Waals surface area (Å²) < 4.78 is 5.69. The molecule has 1 aliphatic rings. The molecule has 1 aliphatic carbocycles. The van der Waals surface area contributed by atoms with Crippen molar-refractivity contribution in [1.82, 2.24) is 9.88 Å². The third kappa shape index (κ3) is 4.56. The quantitative estimate of drug-likeness (QED) is 0.838. The molecule has 6 nitrogen and oxygen atoms in total. The van der Waals surface area contributed by atoms with E-state index in [9.17, 15) is 9.59 Å². The van der Waals surface area contributed by atoms with E-state index in [0.717, 1.165) is 24.1 Å². The summed E-state index contributed by atoms with van der Waals surface area (Å²) >= 11 is 0. The lowest BCUT2D eigenvalue weighted by atomic mass is 10.1. The summed E-state index contributed by atoms with van der Waals surface area (Å²) in [6.07, 6.45) is 3.39. The highest BCUT2D eigenvalue weighted by Crippen LogP contribution is 2.28. The van der Waals surface area contributed by atoms with E-state index >= 15 is 0 Å². The van der Waals surface area contributed by atoms with Gasteiger partial charge >= 0.3 is 5.97 Å². The van der Waals surface area contributed by atoms with Crippen molar-refractivity contribution in [2.45, 2.75) is 32.4 Å². The second kappa shape index (κ2) is 7.34. The van der Waals surface area contributed by atoms with E-state index in [1.807, 2.05) is 25.1 Å². The number of amides is 1. The van der Waals surface area contributed by atoms with Gasteiger partial charge < -0.3 is 14.7 Å². The molecule has 3 rings (SSSR count). The maximum atomic E-state index is 12.6. The van der Waals surface area contributed by atoms with Gasteiger partial charge in [-0.25, -0.2) is 0 Å². The third-order valence-corrected chi connectivity index (χ3v) is 4.02. The van der Waals surface area contributed by atoms with Gasteiger partial charge in [-0.15, -0.1) is 0 Å². The Hall–Kier alpha value is -2.89. The summed E-state index contributed by atoms with van der Waals surface area (Å²) in [7, 11) is 0. The van der Waals surface area contributed by atoms with E-state index in [2.05, 4.69) is 4.98 Å². The first kappa shape index (κ1) is 17.0. The third-order valence-electron chi connectivity index (χ3n) is 4.02. The first-order chi connectivity index (χ1) is 12.0. The van der Waals surface area contributed by atoms with Crippen molar-refractivity contribution < 1.29 is 19.4 Å². The molecule has 130 valence electrons. The summed E-state index contributed by atoms with van der Waals surface area (Å²) in [5.74, 6) is -0.580. The van der Waals surface area contributed by atoms with Crippen molar-refractivity contribution >= 4 is 11.9 Å². The van der Waals surface area contributed by atoms with Crippen molar-refractivity contribution in [3.05, 3.63) is 59.4 Å². The summed E-state index contributed by atoms with van der Waals surface area (Å²) in [5.41, 5.74) is 2.24. The number of carboxylic acid groups (broad SMARTS) is 1. The monoisotopic (exact) mass is 340 g/mol. The van der Waals surface area contributed by atoms with Crippen LogP contribution in [0.5, 0.6) is 5.75 Å². The normalized spacial score (nSPS) is 13.3. The second-order valence-corrected chi connectivity index (χ2v) is 6.18. The lowest BCUT2D eigenvalue weighted by Crippen LogP contribution is -2.37. The zero-order valence-electron chi connectivity index (χ0n) is 14.0. The minimum Gasteiger partial charge on any atom is -0.487 e. The number of hydrogen-bond donors (Lipinski definition) is 1. The molecule has 0 aliphatic heterocycles. The zero-order valence-corrected chi connectivity index (χ0v) is 14.0. The topological polar surface area (TPSA) is 79.7 Å². The van der Waals surface area contributed by atoms with Gasteiger partial charge in [-0.2, -0.15) is 0 Å². The molecule has 1 saturated carbocycles. The Morgan fingerprint density at radius 2 is 2.08 bits per heavy atom. The summed E-state index contributed by atoms with van der Waals surface area (Å²) in [6.45, 7) is 1.95. The van der Waals surface area contributed by atoms with Gasteiger partial charge in [0.25, 0.3) is 5.91 Å². The van der Waals surface area contributed by atoms with E-state index in [1.54, 1.807) is 24.4 Å². The highest BCUT2D eigenvalue weighted by atomic mass is 16.5. The van der Waals surface area contributed by atoms with Gasteiger partial charge in [0.15, 0.2) is 0 Å². The van der Waals surface area contributed by atoms with Crippen molar-refractivity contribution in [2.24, 2.45) is 0 Å². The Bertz CT molecular complexity index is 769. The number of carbonyl (C=O) groups excluding carboxylic acids is 1. The number of aliphatic carboxylic acids is 1. The molecule has 2 aromatic rings. The van der Waals surface area contributed by atoms with Crippen LogP contribution in [-0.4, -0.2) is 39.5 Å². The minimum absolute atomic E-state index is 0.0436. The number of ether oxygens (including phenoxy) is 1. The number of pyridine rings is 1. The number of rotatable bonds is 7. The molecule has 1 heterocycles. The van der Waals surface area contributed by atoms with Crippen LogP contribution in [0, 0.1) is 6.92 Å². The molecule has 1 aromatic carbocycles. The predicted octanol–water partition coefficient (Wildman–Crippen LogP) is 2.66. The lowest BCUT2D eigenvalue weighted by Gasteiger charge is -2.20. The number of hydrogen-bond acceptors (Lipinski definition) is 4. The predicted molar refractivity (Wildman–Crippen MR) is 91.4 cm³/mol. The molecule has 0 unspecified atom stereocenters. The van der Waals surface area contributed by atoms with Crippen LogP contribution >= 0.6 is 0 Å². The van der Waals surface area contributed by atoms with Crippen molar-refractivity contribution in [3.63, 3.8) is 0 Å². The molecule has 0 atom stereocenters. The molecule has 0 bridgehead atoms. The summed E-state index contributed by atoms with van der Waals surface area (Å²) in [5, 5.41) is 9.02. The van der Waals surface area contributed by atoms with Crippen molar-refractivity contribution in [2.75, 3.05) is 6.54 Å². The molecule has 0 spiro atoms. The van der Waals surface area contributed by atoms with Gasteiger partial charge in [-0.05, 0) is 49.6 Å². The Morgan fingerprint density at radius 3 is 2.72 bits per heavy atom. The Labute approximate surface area is 146 Å².